The third-order valence-corrected chi connectivity index (χ3v) is 2.82. The molecule has 0 radical (unpaired) electrons. The predicted molar refractivity (Wildman–Crippen MR) is 61.6 cm³/mol. The van der Waals surface area contributed by atoms with Crippen LogP contribution in [0.5, 0.6) is 0 Å². The minimum atomic E-state index is -4.32. The molecule has 0 aromatic heterocycles. The Kier molecular flexibility index (Phi) is 8.83. The Hall–Kier alpha value is -0.170. The Labute approximate surface area is 98.1 Å². The van der Waals surface area contributed by atoms with Crippen molar-refractivity contribution in [2.24, 2.45) is 5.92 Å². The molecular formula is C10H22O5S. The van der Waals surface area contributed by atoms with E-state index in [1.807, 2.05) is 0 Å². The van der Waals surface area contributed by atoms with Crippen LogP contribution >= 0.6 is 0 Å². The van der Waals surface area contributed by atoms with Gasteiger partial charge in [-0.3, -0.25) is 4.55 Å². The second-order valence-electron chi connectivity index (χ2n) is 3.74. The van der Waals surface area contributed by atoms with E-state index in [0.29, 0.717) is 12.5 Å². The fourth-order valence-electron chi connectivity index (χ4n) is 1.35. The summed E-state index contributed by atoms with van der Waals surface area (Å²) in [4.78, 5) is 0. The van der Waals surface area contributed by atoms with Gasteiger partial charge in [-0.2, -0.15) is 8.42 Å². The largest absolute Gasteiger partial charge is 0.397 e. The van der Waals surface area contributed by atoms with E-state index in [4.69, 9.17) is 9.29 Å². The van der Waals surface area contributed by atoms with Gasteiger partial charge >= 0.3 is 10.4 Å². The van der Waals surface area contributed by atoms with Crippen molar-refractivity contribution >= 4 is 10.4 Å². The molecule has 16 heavy (non-hydrogen) atoms. The first-order valence-electron chi connectivity index (χ1n) is 5.69. The summed E-state index contributed by atoms with van der Waals surface area (Å²) in [5, 5.41) is 0. The average Bonchev–Trinajstić information content (AvgIpc) is 2.20. The number of hydrogen-bond acceptors (Lipinski definition) is 4. The van der Waals surface area contributed by atoms with Gasteiger partial charge in [0.05, 0.1) is 13.2 Å². The Morgan fingerprint density at radius 3 is 2.44 bits per heavy atom. The van der Waals surface area contributed by atoms with Crippen LogP contribution in [0.3, 0.4) is 0 Å². The van der Waals surface area contributed by atoms with Crippen molar-refractivity contribution < 1.29 is 21.9 Å². The Balaban J connectivity index is 3.48. The van der Waals surface area contributed by atoms with Crippen molar-refractivity contribution in [2.45, 2.75) is 39.5 Å². The summed E-state index contributed by atoms with van der Waals surface area (Å²) >= 11 is 0. The first-order valence-corrected chi connectivity index (χ1v) is 7.05. The Morgan fingerprint density at radius 2 is 1.94 bits per heavy atom. The zero-order valence-electron chi connectivity index (χ0n) is 10.0. The van der Waals surface area contributed by atoms with Crippen LogP contribution in [0.15, 0.2) is 0 Å². The second-order valence-corrected chi connectivity index (χ2v) is 4.83. The predicted octanol–water partition coefficient (Wildman–Crippen LogP) is 2.04. The normalized spacial score (nSPS) is 13.9. The van der Waals surface area contributed by atoms with Gasteiger partial charge in [-0.25, -0.2) is 4.18 Å². The van der Waals surface area contributed by atoms with Crippen molar-refractivity contribution in [1.82, 2.24) is 0 Å². The fourth-order valence-corrected chi connectivity index (χ4v) is 1.63. The van der Waals surface area contributed by atoms with Gasteiger partial charge in [0.15, 0.2) is 0 Å². The molecule has 0 spiro atoms. The lowest BCUT2D eigenvalue weighted by Crippen LogP contribution is -2.14. The van der Waals surface area contributed by atoms with Crippen LogP contribution in [-0.4, -0.2) is 32.8 Å². The van der Waals surface area contributed by atoms with E-state index in [0.717, 1.165) is 12.8 Å². The van der Waals surface area contributed by atoms with Crippen LogP contribution in [0.1, 0.15) is 39.5 Å². The maximum atomic E-state index is 10.2. The summed E-state index contributed by atoms with van der Waals surface area (Å²) in [6.45, 7) is 4.92. The zero-order chi connectivity index (χ0) is 12.4. The lowest BCUT2D eigenvalue weighted by Gasteiger charge is -2.14. The summed E-state index contributed by atoms with van der Waals surface area (Å²) in [5.74, 6) is 0.519. The van der Waals surface area contributed by atoms with Crippen molar-refractivity contribution in [3.63, 3.8) is 0 Å². The van der Waals surface area contributed by atoms with Gasteiger partial charge in [0.1, 0.15) is 0 Å². The number of rotatable bonds is 10. The molecule has 0 fully saturated rings. The Bertz CT molecular complexity index is 250. The molecule has 0 amide bonds. The molecule has 0 heterocycles. The van der Waals surface area contributed by atoms with Gasteiger partial charge in [0.2, 0.25) is 0 Å². The molecule has 1 N–H and O–H groups in total. The number of unbranched alkanes of at least 4 members (excludes halogenated alkanes) is 1. The van der Waals surface area contributed by atoms with Gasteiger partial charge in [0.25, 0.3) is 0 Å². The molecule has 0 saturated heterocycles. The lowest BCUT2D eigenvalue weighted by molar-refractivity contribution is 0.0684. The van der Waals surface area contributed by atoms with E-state index in [1.165, 1.54) is 12.8 Å². The van der Waals surface area contributed by atoms with E-state index < -0.39 is 10.4 Å². The van der Waals surface area contributed by atoms with Gasteiger partial charge in [-0.15, -0.1) is 0 Å². The average molecular weight is 254 g/mol. The first kappa shape index (κ1) is 15.8. The summed E-state index contributed by atoms with van der Waals surface area (Å²) in [6.07, 6.45) is 4.54. The summed E-state index contributed by atoms with van der Waals surface area (Å²) in [7, 11) is -4.32. The van der Waals surface area contributed by atoms with E-state index >= 15 is 0 Å². The molecule has 0 rings (SSSR count). The molecule has 0 aliphatic carbocycles. The van der Waals surface area contributed by atoms with Crippen molar-refractivity contribution in [3.8, 4) is 0 Å². The Morgan fingerprint density at radius 1 is 1.25 bits per heavy atom. The zero-order valence-corrected chi connectivity index (χ0v) is 10.8. The van der Waals surface area contributed by atoms with Crippen LogP contribution in [-0.2, 0) is 19.3 Å². The summed E-state index contributed by atoms with van der Waals surface area (Å²) in [6, 6.07) is 0. The van der Waals surface area contributed by atoms with E-state index in [1.54, 1.807) is 0 Å². The minimum absolute atomic E-state index is 0.136. The lowest BCUT2D eigenvalue weighted by atomic mass is 10.0. The first-order chi connectivity index (χ1) is 7.49. The standard InChI is InChI=1S/C10H22O5S/c1-3-5-6-10(4-2)9-14-7-8-15-16(11,12)13/h10H,3-9H2,1-2H3,(H,11,12,13). The molecule has 0 aromatic rings. The van der Waals surface area contributed by atoms with Gasteiger partial charge < -0.3 is 4.74 Å². The van der Waals surface area contributed by atoms with E-state index in [-0.39, 0.29) is 13.2 Å². The van der Waals surface area contributed by atoms with Gasteiger partial charge in [-0.05, 0) is 12.3 Å². The maximum absolute atomic E-state index is 10.2. The summed E-state index contributed by atoms with van der Waals surface area (Å²) in [5.41, 5.74) is 0. The summed E-state index contributed by atoms with van der Waals surface area (Å²) < 4.78 is 38.1. The van der Waals surface area contributed by atoms with Crippen LogP contribution in [0.4, 0.5) is 0 Å². The van der Waals surface area contributed by atoms with Crippen LogP contribution < -0.4 is 0 Å². The van der Waals surface area contributed by atoms with E-state index in [9.17, 15) is 8.42 Å². The van der Waals surface area contributed by atoms with Crippen LogP contribution in [0, 0.1) is 5.92 Å². The van der Waals surface area contributed by atoms with E-state index in [2.05, 4.69) is 18.0 Å². The highest BCUT2D eigenvalue weighted by Gasteiger charge is 2.07. The maximum Gasteiger partial charge on any atom is 0.397 e. The van der Waals surface area contributed by atoms with Gasteiger partial charge in [0, 0.05) is 6.61 Å². The molecule has 0 saturated carbocycles. The highest BCUT2D eigenvalue weighted by molar-refractivity contribution is 7.80. The molecule has 98 valence electrons. The molecule has 6 heteroatoms. The van der Waals surface area contributed by atoms with Crippen LogP contribution in [0.2, 0.25) is 0 Å². The van der Waals surface area contributed by atoms with Gasteiger partial charge in [-0.1, -0.05) is 33.1 Å². The minimum Gasteiger partial charge on any atom is -0.379 e. The third-order valence-electron chi connectivity index (χ3n) is 2.36. The highest BCUT2D eigenvalue weighted by Crippen LogP contribution is 2.12. The second kappa shape index (κ2) is 8.92. The fraction of sp³-hybridized carbons (Fsp3) is 1.00. The topological polar surface area (TPSA) is 72.8 Å². The molecule has 1 atom stereocenters. The highest BCUT2D eigenvalue weighted by atomic mass is 32.3. The molecule has 1 unspecified atom stereocenters. The molecular weight excluding hydrogens is 232 g/mol. The number of ether oxygens (including phenoxy) is 1. The smallest absolute Gasteiger partial charge is 0.379 e. The van der Waals surface area contributed by atoms with Crippen molar-refractivity contribution in [1.29, 1.82) is 0 Å². The van der Waals surface area contributed by atoms with Crippen molar-refractivity contribution in [3.05, 3.63) is 0 Å². The molecule has 0 aliphatic heterocycles. The molecule has 0 aliphatic rings. The van der Waals surface area contributed by atoms with Crippen molar-refractivity contribution in [2.75, 3.05) is 19.8 Å². The monoisotopic (exact) mass is 254 g/mol. The molecule has 0 bridgehead atoms. The third kappa shape index (κ3) is 10.4. The van der Waals surface area contributed by atoms with Crippen LogP contribution in [0.25, 0.3) is 0 Å². The number of hydrogen-bond donors (Lipinski definition) is 1. The molecule has 5 nitrogen and oxygen atoms in total. The SMILES string of the molecule is CCCCC(CC)COCCOS(=O)(=O)O. The molecule has 0 aromatic carbocycles. The quantitative estimate of drug-likeness (QED) is 0.477.